The van der Waals surface area contributed by atoms with Crippen molar-refractivity contribution in [3.05, 3.63) is 72.3 Å². The van der Waals surface area contributed by atoms with Gasteiger partial charge in [-0.1, -0.05) is 30.3 Å². The van der Waals surface area contributed by atoms with E-state index in [4.69, 9.17) is 4.74 Å². The number of aromatic nitrogens is 2. The van der Waals surface area contributed by atoms with Gasteiger partial charge >= 0.3 is 5.97 Å². The molecule has 1 heterocycles. The highest BCUT2D eigenvalue weighted by atomic mass is 19.1. The molecule has 0 saturated heterocycles. The van der Waals surface area contributed by atoms with Crippen LogP contribution in [0.1, 0.15) is 18.4 Å². The second kappa shape index (κ2) is 8.90. The summed E-state index contributed by atoms with van der Waals surface area (Å²) in [6, 6.07) is 14.8. The number of aliphatic carboxylic acids is 1. The van der Waals surface area contributed by atoms with Gasteiger partial charge in [0.05, 0.1) is 12.3 Å². The number of hydrogen-bond acceptors (Lipinski definition) is 5. The maximum absolute atomic E-state index is 14.4. The minimum Gasteiger partial charge on any atom is -0.490 e. The van der Waals surface area contributed by atoms with Gasteiger partial charge in [0.2, 0.25) is 0 Å². The molecule has 2 N–H and O–H groups in total. The van der Waals surface area contributed by atoms with Crippen molar-refractivity contribution in [2.75, 3.05) is 11.9 Å². The number of rotatable bonds is 9. The van der Waals surface area contributed by atoms with E-state index < -0.39 is 17.8 Å². The maximum Gasteiger partial charge on any atom is 0.326 e. The Balaban J connectivity index is 1.48. The van der Waals surface area contributed by atoms with E-state index >= 15 is 0 Å². The largest absolute Gasteiger partial charge is 0.490 e. The molecule has 3 aromatic rings. The summed E-state index contributed by atoms with van der Waals surface area (Å²) in [4.78, 5) is 20.0. The Bertz CT molecular complexity index is 1030. The van der Waals surface area contributed by atoms with E-state index in [1.807, 2.05) is 30.3 Å². The van der Waals surface area contributed by atoms with Crippen LogP contribution in [0, 0.1) is 11.7 Å². The van der Waals surface area contributed by atoms with Crippen LogP contribution >= 0.6 is 0 Å². The zero-order valence-corrected chi connectivity index (χ0v) is 16.3. The topological polar surface area (TPSA) is 84.3 Å². The van der Waals surface area contributed by atoms with Crippen LogP contribution in [0.25, 0.3) is 11.3 Å². The highest BCUT2D eigenvalue weighted by Crippen LogP contribution is 2.31. The molecule has 7 heteroatoms. The van der Waals surface area contributed by atoms with Crippen molar-refractivity contribution in [1.29, 1.82) is 0 Å². The lowest BCUT2D eigenvalue weighted by Crippen LogP contribution is -2.31. The van der Waals surface area contributed by atoms with Crippen molar-refractivity contribution >= 4 is 11.8 Å². The van der Waals surface area contributed by atoms with Gasteiger partial charge in [-0.3, -0.25) is 0 Å². The van der Waals surface area contributed by atoms with Crippen molar-refractivity contribution in [2.45, 2.75) is 25.3 Å². The first-order valence-electron chi connectivity index (χ1n) is 9.86. The Morgan fingerprint density at radius 3 is 2.67 bits per heavy atom. The van der Waals surface area contributed by atoms with Gasteiger partial charge in [-0.05, 0) is 42.5 Å². The summed E-state index contributed by atoms with van der Waals surface area (Å²) in [5, 5.41) is 12.5. The fourth-order valence-electron chi connectivity index (χ4n) is 3.09. The first-order chi connectivity index (χ1) is 14.6. The van der Waals surface area contributed by atoms with Crippen LogP contribution in [0.15, 0.2) is 60.9 Å². The molecule has 1 aromatic heterocycles. The average Bonchev–Trinajstić information content (AvgIpc) is 3.58. The molecule has 0 spiro atoms. The van der Waals surface area contributed by atoms with Gasteiger partial charge in [-0.15, -0.1) is 0 Å². The van der Waals surface area contributed by atoms with Gasteiger partial charge < -0.3 is 15.2 Å². The van der Waals surface area contributed by atoms with Crippen molar-refractivity contribution in [2.24, 2.45) is 5.92 Å². The maximum atomic E-state index is 14.4. The summed E-state index contributed by atoms with van der Waals surface area (Å²) in [7, 11) is 0. The van der Waals surface area contributed by atoms with E-state index in [1.165, 1.54) is 12.4 Å². The van der Waals surface area contributed by atoms with Gasteiger partial charge in [0.1, 0.15) is 18.2 Å². The molecule has 1 unspecified atom stereocenters. The first-order valence-corrected chi connectivity index (χ1v) is 9.86. The number of nitrogens with zero attached hydrogens (tertiary/aromatic N) is 2. The zero-order chi connectivity index (χ0) is 20.9. The summed E-state index contributed by atoms with van der Waals surface area (Å²) in [5.41, 5.74) is 1.95. The van der Waals surface area contributed by atoms with Gasteiger partial charge in [0, 0.05) is 18.1 Å². The van der Waals surface area contributed by atoms with E-state index in [0.29, 0.717) is 36.0 Å². The number of hydrogen-bond donors (Lipinski definition) is 2. The summed E-state index contributed by atoms with van der Waals surface area (Å²) in [6.45, 7) is 0.538. The Morgan fingerprint density at radius 1 is 1.17 bits per heavy atom. The number of anilines is 1. The fourth-order valence-corrected chi connectivity index (χ4v) is 3.09. The normalized spacial score (nSPS) is 14.2. The average molecular weight is 407 g/mol. The molecule has 0 amide bonds. The second-order valence-electron chi connectivity index (χ2n) is 7.41. The van der Waals surface area contributed by atoms with Crippen molar-refractivity contribution in [3.63, 3.8) is 0 Å². The van der Waals surface area contributed by atoms with Gasteiger partial charge in [0.15, 0.2) is 11.6 Å². The lowest BCUT2D eigenvalue weighted by Gasteiger charge is -2.15. The lowest BCUT2D eigenvalue weighted by molar-refractivity contribution is -0.137. The third kappa shape index (κ3) is 5.11. The van der Waals surface area contributed by atoms with Crippen molar-refractivity contribution in [1.82, 2.24) is 9.97 Å². The van der Waals surface area contributed by atoms with E-state index in [-0.39, 0.29) is 5.75 Å². The van der Waals surface area contributed by atoms with Gasteiger partial charge in [0.25, 0.3) is 0 Å². The molecule has 1 saturated carbocycles. The Morgan fingerprint density at radius 2 is 1.97 bits per heavy atom. The quantitative estimate of drug-likeness (QED) is 0.554. The molecule has 154 valence electrons. The van der Waals surface area contributed by atoms with Gasteiger partial charge in [-0.2, -0.15) is 0 Å². The van der Waals surface area contributed by atoms with Crippen LogP contribution in [0.4, 0.5) is 10.2 Å². The molecular formula is C23H22FN3O3. The number of halogens is 1. The monoisotopic (exact) mass is 407 g/mol. The van der Waals surface area contributed by atoms with E-state index in [2.05, 4.69) is 15.3 Å². The molecule has 4 rings (SSSR count). The molecule has 0 bridgehead atoms. The van der Waals surface area contributed by atoms with Crippen LogP contribution in [0.2, 0.25) is 0 Å². The standard InChI is InChI=1S/C23H22FN3O3/c24-18-11-17(8-9-21(18)30-13-16-6-7-16)19-12-22(26-14-25-19)27-20(23(28)29)10-15-4-2-1-3-5-15/h1-5,8-9,11-12,14,16,20H,6-7,10,13H2,(H,28,29)(H,25,26,27). The summed E-state index contributed by atoms with van der Waals surface area (Å²) in [5.74, 6) is -0.307. The minimum atomic E-state index is -0.984. The van der Waals surface area contributed by atoms with Gasteiger partial charge in [-0.25, -0.2) is 19.2 Å². The smallest absolute Gasteiger partial charge is 0.326 e. The minimum absolute atomic E-state index is 0.229. The first kappa shape index (κ1) is 19.8. The highest BCUT2D eigenvalue weighted by Gasteiger charge is 2.22. The highest BCUT2D eigenvalue weighted by molar-refractivity contribution is 5.77. The molecule has 0 aliphatic heterocycles. The van der Waals surface area contributed by atoms with Crippen LogP contribution < -0.4 is 10.1 Å². The number of carbonyl (C=O) groups is 1. The van der Waals surface area contributed by atoms with Crippen LogP contribution in [0.3, 0.4) is 0 Å². The molecule has 1 aliphatic rings. The van der Waals surface area contributed by atoms with E-state index in [0.717, 1.165) is 18.4 Å². The molecule has 30 heavy (non-hydrogen) atoms. The number of carboxylic acids is 1. The number of ether oxygens (including phenoxy) is 1. The van der Waals surface area contributed by atoms with Crippen LogP contribution in [-0.4, -0.2) is 33.7 Å². The van der Waals surface area contributed by atoms with Crippen LogP contribution in [0.5, 0.6) is 5.75 Å². The molecular weight excluding hydrogens is 385 g/mol. The third-order valence-corrected chi connectivity index (χ3v) is 4.97. The number of carboxylic acid groups (broad SMARTS) is 1. The predicted octanol–water partition coefficient (Wildman–Crippen LogP) is 4.18. The van der Waals surface area contributed by atoms with Crippen molar-refractivity contribution in [3.8, 4) is 17.0 Å². The molecule has 1 atom stereocenters. The fraction of sp³-hybridized carbons (Fsp3) is 0.261. The number of benzene rings is 2. The molecule has 1 fully saturated rings. The lowest BCUT2D eigenvalue weighted by atomic mass is 10.1. The second-order valence-corrected chi connectivity index (χ2v) is 7.41. The number of nitrogens with one attached hydrogen (secondary N) is 1. The summed E-state index contributed by atoms with van der Waals surface area (Å²) in [6.07, 6.45) is 3.90. The third-order valence-electron chi connectivity index (χ3n) is 4.97. The zero-order valence-electron chi connectivity index (χ0n) is 16.3. The summed E-state index contributed by atoms with van der Waals surface area (Å²) >= 11 is 0. The van der Waals surface area contributed by atoms with E-state index in [1.54, 1.807) is 18.2 Å². The molecule has 0 radical (unpaired) electrons. The predicted molar refractivity (Wildman–Crippen MR) is 111 cm³/mol. The van der Waals surface area contributed by atoms with E-state index in [9.17, 15) is 14.3 Å². The Kier molecular flexibility index (Phi) is 5.88. The summed E-state index contributed by atoms with van der Waals surface area (Å²) < 4.78 is 19.9. The molecule has 2 aromatic carbocycles. The molecule has 1 aliphatic carbocycles. The molecule has 6 nitrogen and oxygen atoms in total. The van der Waals surface area contributed by atoms with Crippen LogP contribution in [-0.2, 0) is 11.2 Å². The Labute approximate surface area is 173 Å². The SMILES string of the molecule is O=C(O)C(Cc1ccccc1)Nc1cc(-c2ccc(OCC3CC3)c(F)c2)ncn1. The Hall–Kier alpha value is -3.48. The van der Waals surface area contributed by atoms with Crippen molar-refractivity contribution < 1.29 is 19.0 Å².